The molecule has 0 aliphatic rings. The smallest absolute Gasteiger partial charge is 0.339 e. The minimum atomic E-state index is -1.04. The van der Waals surface area contributed by atoms with E-state index in [9.17, 15) is 9.90 Å². The van der Waals surface area contributed by atoms with Gasteiger partial charge in [0.2, 0.25) is 0 Å². The van der Waals surface area contributed by atoms with Crippen molar-refractivity contribution in [3.05, 3.63) is 22.9 Å². The number of carbonyl (C=O) groups is 1. The van der Waals surface area contributed by atoms with Gasteiger partial charge in [0, 0.05) is 19.3 Å². The van der Waals surface area contributed by atoms with Crippen LogP contribution in [0, 0.1) is 13.8 Å². The third kappa shape index (κ3) is 3.68. The Morgan fingerprint density at radius 1 is 1.56 bits per heavy atom. The molecule has 0 fully saturated rings. The maximum atomic E-state index is 11.2. The molecule has 0 aliphatic heterocycles. The Hall–Kier alpha value is -1.66. The summed E-state index contributed by atoms with van der Waals surface area (Å²) in [6.45, 7) is 3.87. The summed E-state index contributed by atoms with van der Waals surface area (Å²) >= 11 is 0. The van der Waals surface area contributed by atoms with Crippen LogP contribution in [0.4, 0.5) is 5.82 Å². The van der Waals surface area contributed by atoms with Crippen molar-refractivity contribution in [2.75, 3.05) is 25.6 Å². The summed E-state index contributed by atoms with van der Waals surface area (Å²) in [4.78, 5) is 15.3. The van der Waals surface area contributed by atoms with Crippen LogP contribution in [0.1, 0.15) is 21.6 Å². The van der Waals surface area contributed by atoms with Crippen molar-refractivity contribution in [2.45, 2.75) is 20.0 Å². The summed E-state index contributed by atoms with van der Waals surface area (Å²) in [5.41, 5.74) is 1.49. The van der Waals surface area contributed by atoms with Crippen molar-refractivity contribution < 1.29 is 19.7 Å². The summed E-state index contributed by atoms with van der Waals surface area (Å²) in [6.07, 6.45) is -0.709. The molecule has 0 saturated heterocycles. The zero-order valence-corrected chi connectivity index (χ0v) is 10.7. The van der Waals surface area contributed by atoms with Gasteiger partial charge in [-0.2, -0.15) is 0 Å². The average molecular weight is 254 g/mol. The van der Waals surface area contributed by atoms with Crippen LogP contribution in [0.5, 0.6) is 0 Å². The monoisotopic (exact) mass is 254 g/mol. The third-order valence-electron chi connectivity index (χ3n) is 2.42. The van der Waals surface area contributed by atoms with Gasteiger partial charge < -0.3 is 20.3 Å². The summed E-state index contributed by atoms with van der Waals surface area (Å²) in [5, 5.41) is 21.5. The lowest BCUT2D eigenvalue weighted by molar-refractivity contribution is 0.0692. The SMILES string of the molecule is COCC(O)CNc1nc(C)cc(C)c1C(=O)O. The third-order valence-corrected chi connectivity index (χ3v) is 2.42. The van der Waals surface area contributed by atoms with Gasteiger partial charge in [0.1, 0.15) is 11.4 Å². The molecule has 1 heterocycles. The number of aryl methyl sites for hydroxylation is 2. The van der Waals surface area contributed by atoms with E-state index in [1.54, 1.807) is 19.9 Å². The molecule has 100 valence electrons. The number of hydrogen-bond acceptors (Lipinski definition) is 5. The van der Waals surface area contributed by atoms with Gasteiger partial charge in [-0.3, -0.25) is 0 Å². The number of hydrogen-bond donors (Lipinski definition) is 3. The van der Waals surface area contributed by atoms with Gasteiger partial charge in [0.25, 0.3) is 0 Å². The highest BCUT2D eigenvalue weighted by atomic mass is 16.5. The first-order valence-corrected chi connectivity index (χ1v) is 5.58. The molecule has 0 saturated carbocycles. The van der Waals surface area contributed by atoms with E-state index in [1.165, 1.54) is 7.11 Å². The Morgan fingerprint density at radius 2 is 2.22 bits per heavy atom. The fraction of sp³-hybridized carbons (Fsp3) is 0.500. The number of rotatable bonds is 6. The highest BCUT2D eigenvalue weighted by Gasteiger charge is 2.16. The largest absolute Gasteiger partial charge is 0.478 e. The number of nitrogens with zero attached hydrogens (tertiary/aromatic N) is 1. The van der Waals surface area contributed by atoms with Crippen molar-refractivity contribution in [3.63, 3.8) is 0 Å². The van der Waals surface area contributed by atoms with Gasteiger partial charge in [-0.15, -0.1) is 0 Å². The molecule has 18 heavy (non-hydrogen) atoms. The maximum Gasteiger partial charge on any atom is 0.339 e. The Morgan fingerprint density at radius 3 is 2.78 bits per heavy atom. The first-order valence-electron chi connectivity index (χ1n) is 5.58. The molecule has 1 aromatic heterocycles. The molecule has 3 N–H and O–H groups in total. The minimum Gasteiger partial charge on any atom is -0.478 e. The summed E-state index contributed by atoms with van der Waals surface area (Å²) in [7, 11) is 1.49. The van der Waals surface area contributed by atoms with Gasteiger partial charge in [-0.25, -0.2) is 9.78 Å². The molecule has 1 unspecified atom stereocenters. The number of aromatic carboxylic acids is 1. The van der Waals surface area contributed by atoms with Crippen LogP contribution in [0.15, 0.2) is 6.07 Å². The van der Waals surface area contributed by atoms with E-state index in [4.69, 9.17) is 9.84 Å². The number of carboxylic acid groups (broad SMARTS) is 1. The molecule has 6 nitrogen and oxygen atoms in total. The number of aliphatic hydroxyl groups excluding tert-OH is 1. The first-order chi connectivity index (χ1) is 8.45. The van der Waals surface area contributed by atoms with E-state index in [0.29, 0.717) is 5.56 Å². The summed E-state index contributed by atoms with van der Waals surface area (Å²) < 4.78 is 4.79. The Balaban J connectivity index is 2.90. The molecule has 6 heteroatoms. The number of aliphatic hydroxyl groups is 1. The highest BCUT2D eigenvalue weighted by Crippen LogP contribution is 2.18. The second-order valence-corrected chi connectivity index (χ2v) is 4.10. The Bertz CT molecular complexity index is 434. The Kier molecular flexibility index (Phi) is 5.06. The van der Waals surface area contributed by atoms with Gasteiger partial charge in [0.05, 0.1) is 12.7 Å². The maximum absolute atomic E-state index is 11.2. The van der Waals surface area contributed by atoms with E-state index in [1.807, 2.05) is 0 Å². The van der Waals surface area contributed by atoms with Crippen LogP contribution in [0.25, 0.3) is 0 Å². The number of carboxylic acids is 1. The second kappa shape index (κ2) is 6.32. The molecule has 0 spiro atoms. The lowest BCUT2D eigenvalue weighted by atomic mass is 10.1. The lowest BCUT2D eigenvalue weighted by Crippen LogP contribution is -2.25. The molecule has 1 aromatic rings. The van der Waals surface area contributed by atoms with Crippen molar-refractivity contribution in [3.8, 4) is 0 Å². The minimum absolute atomic E-state index is 0.130. The predicted molar refractivity (Wildman–Crippen MR) is 67.0 cm³/mol. The van der Waals surface area contributed by atoms with E-state index in [0.717, 1.165) is 5.69 Å². The van der Waals surface area contributed by atoms with Crippen molar-refractivity contribution in [2.24, 2.45) is 0 Å². The van der Waals surface area contributed by atoms with E-state index < -0.39 is 12.1 Å². The molecular formula is C12H18N2O4. The average Bonchev–Trinajstić information content (AvgIpc) is 2.25. The number of nitrogens with one attached hydrogen (secondary N) is 1. The molecule has 1 atom stereocenters. The quantitative estimate of drug-likeness (QED) is 0.696. The number of pyridine rings is 1. The molecular weight excluding hydrogens is 236 g/mol. The van der Waals surface area contributed by atoms with Crippen LogP contribution in [-0.2, 0) is 4.74 Å². The lowest BCUT2D eigenvalue weighted by Gasteiger charge is -2.14. The molecule has 0 amide bonds. The fourth-order valence-electron chi connectivity index (χ4n) is 1.70. The normalized spacial score (nSPS) is 12.2. The summed E-state index contributed by atoms with van der Waals surface area (Å²) in [5.74, 6) is -0.765. The van der Waals surface area contributed by atoms with Crippen LogP contribution in [0.3, 0.4) is 0 Å². The summed E-state index contributed by atoms with van der Waals surface area (Å²) in [6, 6.07) is 1.71. The Labute approximate surface area is 106 Å². The standard InChI is InChI=1S/C12H18N2O4/c1-7-4-8(2)14-11(10(7)12(16)17)13-5-9(15)6-18-3/h4,9,15H,5-6H2,1-3H3,(H,13,14)(H,16,17). The number of methoxy groups -OCH3 is 1. The van der Waals surface area contributed by atoms with Crippen LogP contribution < -0.4 is 5.32 Å². The molecule has 0 aliphatic carbocycles. The van der Waals surface area contributed by atoms with Gasteiger partial charge in [0.15, 0.2) is 0 Å². The zero-order valence-electron chi connectivity index (χ0n) is 10.7. The van der Waals surface area contributed by atoms with Gasteiger partial charge in [-0.1, -0.05) is 0 Å². The molecule has 0 radical (unpaired) electrons. The zero-order chi connectivity index (χ0) is 13.7. The van der Waals surface area contributed by atoms with Crippen LogP contribution >= 0.6 is 0 Å². The topological polar surface area (TPSA) is 91.7 Å². The van der Waals surface area contributed by atoms with Gasteiger partial charge >= 0.3 is 5.97 Å². The fourth-order valence-corrected chi connectivity index (χ4v) is 1.70. The number of ether oxygens (including phenoxy) is 1. The van der Waals surface area contributed by atoms with E-state index >= 15 is 0 Å². The highest BCUT2D eigenvalue weighted by molar-refractivity contribution is 5.94. The van der Waals surface area contributed by atoms with E-state index in [-0.39, 0.29) is 24.5 Å². The van der Waals surface area contributed by atoms with Crippen molar-refractivity contribution in [1.82, 2.24) is 4.98 Å². The van der Waals surface area contributed by atoms with Crippen molar-refractivity contribution in [1.29, 1.82) is 0 Å². The molecule has 0 aromatic carbocycles. The predicted octanol–water partition coefficient (Wildman–Crippen LogP) is 0.816. The van der Waals surface area contributed by atoms with E-state index in [2.05, 4.69) is 10.3 Å². The van der Waals surface area contributed by atoms with Gasteiger partial charge in [-0.05, 0) is 25.5 Å². The number of anilines is 1. The van der Waals surface area contributed by atoms with Crippen molar-refractivity contribution >= 4 is 11.8 Å². The number of aromatic nitrogens is 1. The molecule has 0 bridgehead atoms. The second-order valence-electron chi connectivity index (χ2n) is 4.10. The first kappa shape index (κ1) is 14.4. The van der Waals surface area contributed by atoms with Crippen LogP contribution in [0.2, 0.25) is 0 Å². The van der Waals surface area contributed by atoms with Crippen LogP contribution in [-0.4, -0.2) is 47.5 Å². The molecule has 1 rings (SSSR count).